The van der Waals surface area contributed by atoms with E-state index in [1.165, 1.54) is 12.8 Å². The Labute approximate surface area is 246 Å². The maximum absolute atomic E-state index is 13.2. The second-order valence-electron chi connectivity index (χ2n) is 12.8. The number of furan rings is 1. The molecule has 1 saturated heterocycles. The van der Waals surface area contributed by atoms with Gasteiger partial charge in [-0.2, -0.15) is 0 Å². The van der Waals surface area contributed by atoms with Gasteiger partial charge in [-0.15, -0.1) is 0 Å². The predicted octanol–water partition coefficient (Wildman–Crippen LogP) is 7.37. The first kappa shape index (κ1) is 31.6. The Kier molecular flexibility index (Phi) is 10.6. The topological polar surface area (TPSA) is 84.2 Å². The van der Waals surface area contributed by atoms with Gasteiger partial charge in [0.05, 0.1) is 18.8 Å². The van der Waals surface area contributed by atoms with Crippen LogP contribution in [0.25, 0.3) is 0 Å². The van der Waals surface area contributed by atoms with Crippen LogP contribution >= 0.6 is 0 Å². The molecular formula is C34H50O7. The quantitative estimate of drug-likeness (QED) is 0.192. The summed E-state index contributed by atoms with van der Waals surface area (Å²) in [5.41, 5.74) is -1.08. The molecule has 0 spiro atoms. The number of carbonyl (C=O) groups is 2. The van der Waals surface area contributed by atoms with Crippen molar-refractivity contribution in [1.82, 2.24) is 0 Å². The molecule has 3 unspecified atom stereocenters. The third-order valence-electron chi connectivity index (χ3n) is 9.42. The van der Waals surface area contributed by atoms with E-state index in [0.29, 0.717) is 35.7 Å². The first-order valence-corrected chi connectivity index (χ1v) is 15.6. The normalized spacial score (nSPS) is 24.0. The zero-order chi connectivity index (χ0) is 29.6. The molecule has 0 N–H and O–H groups in total. The zero-order valence-corrected chi connectivity index (χ0v) is 25.6. The Hall–Kier alpha value is -2.38. The average molecular weight is 571 g/mol. The zero-order valence-electron chi connectivity index (χ0n) is 25.6. The lowest BCUT2D eigenvalue weighted by Gasteiger charge is -2.47. The second-order valence-corrected chi connectivity index (χ2v) is 12.8. The van der Waals surface area contributed by atoms with Crippen molar-refractivity contribution in [3.8, 4) is 0 Å². The molecule has 3 fully saturated rings. The van der Waals surface area contributed by atoms with E-state index in [4.69, 9.17) is 23.4 Å². The number of rotatable bonds is 12. The van der Waals surface area contributed by atoms with Crippen molar-refractivity contribution in [1.29, 1.82) is 0 Å². The van der Waals surface area contributed by atoms with Crippen LogP contribution in [0.2, 0.25) is 0 Å². The fourth-order valence-corrected chi connectivity index (χ4v) is 7.26. The fraction of sp³-hybridized carbons (Fsp3) is 0.706. The van der Waals surface area contributed by atoms with E-state index in [2.05, 4.69) is 13.2 Å². The fourth-order valence-electron chi connectivity index (χ4n) is 7.26. The molecule has 3 aliphatic rings. The van der Waals surface area contributed by atoms with Gasteiger partial charge >= 0.3 is 11.9 Å². The van der Waals surface area contributed by atoms with Gasteiger partial charge in [0.1, 0.15) is 17.1 Å². The molecule has 0 bridgehead atoms. The van der Waals surface area contributed by atoms with E-state index in [1.807, 2.05) is 19.1 Å². The maximum atomic E-state index is 13.2. The maximum Gasteiger partial charge on any atom is 0.334 e. The Morgan fingerprint density at radius 2 is 1.41 bits per heavy atom. The van der Waals surface area contributed by atoms with E-state index < -0.39 is 17.2 Å². The molecule has 0 aromatic carbocycles. The van der Waals surface area contributed by atoms with Crippen molar-refractivity contribution in [2.24, 2.45) is 11.8 Å². The van der Waals surface area contributed by atoms with Crippen molar-refractivity contribution in [3.05, 3.63) is 48.0 Å². The number of hydrogen-bond acceptors (Lipinski definition) is 7. The van der Waals surface area contributed by atoms with Crippen LogP contribution in [0, 0.1) is 11.8 Å². The first-order valence-electron chi connectivity index (χ1n) is 15.6. The van der Waals surface area contributed by atoms with Gasteiger partial charge in [-0.05, 0) is 71.4 Å². The van der Waals surface area contributed by atoms with Crippen molar-refractivity contribution in [2.75, 3.05) is 13.7 Å². The van der Waals surface area contributed by atoms with Gasteiger partial charge in [0.2, 0.25) is 0 Å². The second kappa shape index (κ2) is 13.7. The van der Waals surface area contributed by atoms with Crippen molar-refractivity contribution in [3.63, 3.8) is 0 Å². The summed E-state index contributed by atoms with van der Waals surface area (Å²) in [7, 11) is 1.66. The van der Waals surface area contributed by atoms with Gasteiger partial charge in [-0.3, -0.25) is 0 Å². The van der Waals surface area contributed by atoms with Crippen LogP contribution < -0.4 is 0 Å². The van der Waals surface area contributed by atoms with Gasteiger partial charge < -0.3 is 23.4 Å². The molecule has 2 aliphatic carbocycles. The Morgan fingerprint density at radius 1 is 0.854 bits per heavy atom. The molecule has 4 rings (SSSR count). The molecule has 1 aliphatic heterocycles. The number of methoxy groups -OCH3 is 1. The Balaban J connectivity index is 1.71. The summed E-state index contributed by atoms with van der Waals surface area (Å²) < 4.78 is 31.0. The standard InChI is InChI=1S/C34H50O7/c1-23(2)31(35)40-33(5,29-19-18-28(39-29)22-37-6)21-27-17-20-30(38-27)34(41-32(36)24(3)4,25-13-9-7-10-14-25)26-15-11-8-12-16-26/h17,20,25-26,28-29H,1,3,7-16,18-19,21-22H2,2,4-6H3. The molecule has 1 aromatic heterocycles. The summed E-state index contributed by atoms with van der Waals surface area (Å²) in [6.45, 7) is 13.4. The van der Waals surface area contributed by atoms with Crippen LogP contribution in [0.4, 0.5) is 0 Å². The highest BCUT2D eigenvalue weighted by molar-refractivity contribution is 5.87. The number of ether oxygens (including phenoxy) is 4. The van der Waals surface area contributed by atoms with E-state index in [1.54, 1.807) is 21.0 Å². The minimum absolute atomic E-state index is 0.0492. The number of esters is 2. The van der Waals surface area contributed by atoms with Gasteiger partial charge in [0, 0.05) is 36.5 Å². The van der Waals surface area contributed by atoms with E-state index >= 15 is 0 Å². The van der Waals surface area contributed by atoms with Crippen LogP contribution in [0.5, 0.6) is 0 Å². The summed E-state index contributed by atoms with van der Waals surface area (Å²) in [5.74, 6) is 0.942. The van der Waals surface area contributed by atoms with Crippen molar-refractivity contribution in [2.45, 2.75) is 128 Å². The van der Waals surface area contributed by atoms with Crippen LogP contribution in [0.15, 0.2) is 40.9 Å². The molecule has 228 valence electrons. The average Bonchev–Trinajstić information content (AvgIpc) is 3.63. The van der Waals surface area contributed by atoms with E-state index in [-0.39, 0.29) is 30.0 Å². The summed E-state index contributed by atoms with van der Waals surface area (Å²) >= 11 is 0. The summed E-state index contributed by atoms with van der Waals surface area (Å²) in [6.07, 6.45) is 12.4. The highest BCUT2D eigenvalue weighted by Gasteiger charge is 2.53. The SMILES string of the molecule is C=C(C)C(=O)OC(C)(Cc1ccc(C(OC(=O)C(=C)C)(C2CCCCC2)C2CCCCC2)o1)C1CCC(COC)O1. The molecule has 0 radical (unpaired) electrons. The molecular weight excluding hydrogens is 520 g/mol. The van der Waals surface area contributed by atoms with Gasteiger partial charge in [0.15, 0.2) is 5.60 Å². The van der Waals surface area contributed by atoms with Gasteiger partial charge in [-0.1, -0.05) is 51.7 Å². The predicted molar refractivity (Wildman–Crippen MR) is 157 cm³/mol. The smallest absolute Gasteiger partial charge is 0.334 e. The lowest BCUT2D eigenvalue weighted by Crippen LogP contribution is -2.48. The van der Waals surface area contributed by atoms with Gasteiger partial charge in [0.25, 0.3) is 0 Å². The van der Waals surface area contributed by atoms with E-state index in [0.717, 1.165) is 64.2 Å². The first-order chi connectivity index (χ1) is 19.6. The van der Waals surface area contributed by atoms with Crippen molar-refractivity contribution >= 4 is 11.9 Å². The monoisotopic (exact) mass is 570 g/mol. The molecule has 3 atom stereocenters. The molecule has 1 aromatic rings. The molecule has 2 saturated carbocycles. The summed E-state index contributed by atoms with van der Waals surface area (Å²) in [4.78, 5) is 26.0. The molecule has 7 heteroatoms. The van der Waals surface area contributed by atoms with Crippen LogP contribution in [0.1, 0.15) is 109 Å². The highest BCUT2D eigenvalue weighted by atomic mass is 16.6. The Morgan fingerprint density at radius 3 is 1.95 bits per heavy atom. The van der Waals surface area contributed by atoms with Crippen LogP contribution in [-0.4, -0.2) is 43.5 Å². The highest BCUT2D eigenvalue weighted by Crippen LogP contribution is 2.52. The number of carbonyl (C=O) groups excluding carboxylic acids is 2. The Bertz CT molecular complexity index is 1060. The largest absolute Gasteiger partial charge is 0.462 e. The van der Waals surface area contributed by atoms with Crippen LogP contribution in [-0.2, 0) is 40.6 Å². The molecule has 2 heterocycles. The lowest BCUT2D eigenvalue weighted by atomic mass is 9.65. The van der Waals surface area contributed by atoms with Crippen LogP contribution in [0.3, 0.4) is 0 Å². The van der Waals surface area contributed by atoms with Crippen molar-refractivity contribution < 1.29 is 33.0 Å². The minimum atomic E-state index is -0.972. The third-order valence-corrected chi connectivity index (χ3v) is 9.42. The van der Waals surface area contributed by atoms with E-state index in [9.17, 15) is 9.59 Å². The minimum Gasteiger partial charge on any atom is -0.462 e. The number of hydrogen-bond donors (Lipinski definition) is 0. The molecule has 41 heavy (non-hydrogen) atoms. The third kappa shape index (κ3) is 7.16. The summed E-state index contributed by atoms with van der Waals surface area (Å²) in [6, 6.07) is 3.95. The lowest BCUT2D eigenvalue weighted by molar-refractivity contribution is -0.185. The summed E-state index contributed by atoms with van der Waals surface area (Å²) in [5, 5.41) is 0. The molecule has 0 amide bonds. The van der Waals surface area contributed by atoms with Gasteiger partial charge in [-0.25, -0.2) is 9.59 Å². The molecule has 7 nitrogen and oxygen atoms in total.